The lowest BCUT2D eigenvalue weighted by Gasteiger charge is -2.27. The fourth-order valence-corrected chi connectivity index (χ4v) is 2.15. The molecule has 2 rings (SSSR count). The zero-order valence-electron chi connectivity index (χ0n) is 13.4. The number of Topliss-reactive ketones (excluding diaryl/α,β-unsaturated/α-hetero) is 1. The van der Waals surface area contributed by atoms with E-state index in [1.807, 2.05) is 20.8 Å². The lowest BCUT2D eigenvalue weighted by atomic mass is 10.1. The molecule has 0 aliphatic carbocycles. The second-order valence-electron chi connectivity index (χ2n) is 6.36. The normalized spacial score (nSPS) is 16.8. The van der Waals surface area contributed by atoms with Crippen LogP contribution < -0.4 is 15.4 Å². The number of fused-ring (bicyclic) bond motifs is 1. The minimum absolute atomic E-state index is 0.0958. The quantitative estimate of drug-likeness (QED) is 0.897. The third-order valence-corrected chi connectivity index (χ3v) is 2.95. The van der Waals surface area contributed by atoms with Crippen LogP contribution in [0.4, 0.5) is 16.2 Å². The molecule has 1 amide bonds. The molecule has 22 heavy (non-hydrogen) atoms. The van der Waals surface area contributed by atoms with Crippen LogP contribution in [0.25, 0.3) is 0 Å². The molecule has 1 aromatic rings. The van der Waals surface area contributed by atoms with E-state index in [0.717, 1.165) is 5.69 Å². The number of ketones is 1. The van der Waals surface area contributed by atoms with Gasteiger partial charge in [0.15, 0.2) is 0 Å². The van der Waals surface area contributed by atoms with Gasteiger partial charge in [-0.2, -0.15) is 0 Å². The first-order chi connectivity index (χ1) is 10.2. The Morgan fingerprint density at radius 2 is 2.14 bits per heavy atom. The van der Waals surface area contributed by atoms with Crippen molar-refractivity contribution in [3.05, 3.63) is 18.2 Å². The number of nitrogens with one attached hydrogen (secondary N) is 2. The van der Waals surface area contributed by atoms with Gasteiger partial charge in [-0.3, -0.25) is 10.1 Å². The smallest absolute Gasteiger partial charge is 0.412 e. The van der Waals surface area contributed by atoms with Gasteiger partial charge in [0.1, 0.15) is 23.2 Å². The molecule has 2 N–H and O–H groups in total. The fourth-order valence-electron chi connectivity index (χ4n) is 2.15. The number of rotatable bonds is 3. The van der Waals surface area contributed by atoms with E-state index >= 15 is 0 Å². The van der Waals surface area contributed by atoms with Crippen LogP contribution in [0.15, 0.2) is 18.2 Å². The van der Waals surface area contributed by atoms with Gasteiger partial charge in [-0.25, -0.2) is 4.79 Å². The SMILES string of the molecule is CC(=O)C[C@H]1CNc2cc(NC(=O)OC(C)(C)C)ccc2O1. The second-order valence-corrected chi connectivity index (χ2v) is 6.36. The van der Waals surface area contributed by atoms with Crippen LogP contribution in [0.5, 0.6) is 5.75 Å². The first-order valence-corrected chi connectivity index (χ1v) is 7.27. The van der Waals surface area contributed by atoms with E-state index in [1.165, 1.54) is 0 Å². The maximum Gasteiger partial charge on any atom is 0.412 e. The Morgan fingerprint density at radius 3 is 2.77 bits per heavy atom. The van der Waals surface area contributed by atoms with Crippen molar-refractivity contribution in [1.82, 2.24) is 0 Å². The number of carbonyl (C=O) groups excluding carboxylic acids is 2. The van der Waals surface area contributed by atoms with Crippen molar-refractivity contribution < 1.29 is 19.1 Å². The summed E-state index contributed by atoms with van der Waals surface area (Å²) in [6.45, 7) is 7.53. The van der Waals surface area contributed by atoms with Gasteiger partial charge in [0.2, 0.25) is 0 Å². The number of benzene rings is 1. The Kier molecular flexibility index (Phi) is 4.59. The molecular formula is C16H22N2O4. The summed E-state index contributed by atoms with van der Waals surface area (Å²) in [7, 11) is 0. The molecule has 0 unspecified atom stereocenters. The van der Waals surface area contributed by atoms with Gasteiger partial charge in [0.05, 0.1) is 12.2 Å². The standard InChI is InChI=1S/C16H22N2O4/c1-10(19)7-12-9-17-13-8-11(5-6-14(13)21-12)18-15(20)22-16(2,3)4/h5-6,8,12,17H,7,9H2,1-4H3,(H,18,20)/t12-/m0/s1. The largest absolute Gasteiger partial charge is 0.486 e. The maximum absolute atomic E-state index is 11.7. The number of ether oxygens (including phenoxy) is 2. The van der Waals surface area contributed by atoms with E-state index in [9.17, 15) is 9.59 Å². The van der Waals surface area contributed by atoms with Crippen LogP contribution in [-0.2, 0) is 9.53 Å². The molecule has 0 bridgehead atoms. The average molecular weight is 306 g/mol. The van der Waals surface area contributed by atoms with Crippen LogP contribution in [0, 0.1) is 0 Å². The van der Waals surface area contributed by atoms with Crippen molar-refractivity contribution >= 4 is 23.3 Å². The van der Waals surface area contributed by atoms with E-state index in [4.69, 9.17) is 9.47 Å². The summed E-state index contributed by atoms with van der Waals surface area (Å²) < 4.78 is 11.0. The molecule has 0 aromatic heterocycles. The van der Waals surface area contributed by atoms with Gasteiger partial charge in [0.25, 0.3) is 0 Å². The molecule has 0 radical (unpaired) electrons. The summed E-state index contributed by atoms with van der Waals surface area (Å²) in [4.78, 5) is 22.9. The summed E-state index contributed by atoms with van der Waals surface area (Å²) in [5.41, 5.74) is 0.863. The van der Waals surface area contributed by atoms with Gasteiger partial charge >= 0.3 is 6.09 Å². The Hall–Kier alpha value is -2.24. The molecule has 1 aromatic carbocycles. The van der Waals surface area contributed by atoms with E-state index in [0.29, 0.717) is 24.4 Å². The Labute approximate surface area is 130 Å². The number of carbonyl (C=O) groups is 2. The van der Waals surface area contributed by atoms with Gasteiger partial charge in [-0.1, -0.05) is 0 Å². The van der Waals surface area contributed by atoms with Crippen LogP contribution in [0.3, 0.4) is 0 Å². The predicted molar refractivity (Wildman–Crippen MR) is 84.5 cm³/mol. The summed E-state index contributed by atoms with van der Waals surface area (Å²) >= 11 is 0. The third-order valence-electron chi connectivity index (χ3n) is 2.95. The molecule has 0 spiro atoms. The Balaban J connectivity index is 2.01. The van der Waals surface area contributed by atoms with Crippen LogP contribution in [-0.4, -0.2) is 30.1 Å². The van der Waals surface area contributed by atoms with Gasteiger partial charge in [-0.15, -0.1) is 0 Å². The molecule has 1 atom stereocenters. The van der Waals surface area contributed by atoms with Gasteiger partial charge in [-0.05, 0) is 45.9 Å². The predicted octanol–water partition coefficient (Wildman–Crippen LogP) is 3.19. The van der Waals surface area contributed by atoms with Crippen molar-refractivity contribution in [2.75, 3.05) is 17.2 Å². The van der Waals surface area contributed by atoms with Crippen molar-refractivity contribution in [1.29, 1.82) is 0 Å². The number of anilines is 2. The topological polar surface area (TPSA) is 76.7 Å². The third kappa shape index (κ3) is 4.65. The molecule has 1 heterocycles. The highest BCUT2D eigenvalue weighted by Gasteiger charge is 2.21. The Morgan fingerprint density at radius 1 is 1.41 bits per heavy atom. The average Bonchev–Trinajstić information content (AvgIpc) is 2.35. The molecule has 0 saturated carbocycles. The van der Waals surface area contributed by atoms with Crippen molar-refractivity contribution in [3.63, 3.8) is 0 Å². The van der Waals surface area contributed by atoms with Crippen molar-refractivity contribution in [3.8, 4) is 5.75 Å². The molecule has 6 heteroatoms. The van der Waals surface area contributed by atoms with E-state index in [-0.39, 0.29) is 11.9 Å². The highest BCUT2D eigenvalue weighted by atomic mass is 16.6. The lowest BCUT2D eigenvalue weighted by molar-refractivity contribution is -0.118. The van der Waals surface area contributed by atoms with E-state index in [2.05, 4.69) is 10.6 Å². The van der Waals surface area contributed by atoms with Crippen LogP contribution in [0.2, 0.25) is 0 Å². The summed E-state index contributed by atoms with van der Waals surface area (Å²) in [6.07, 6.45) is -0.280. The summed E-state index contributed by atoms with van der Waals surface area (Å²) in [5.74, 6) is 0.769. The van der Waals surface area contributed by atoms with Gasteiger partial charge in [0, 0.05) is 12.1 Å². The van der Waals surface area contributed by atoms with Gasteiger partial charge < -0.3 is 14.8 Å². The zero-order chi connectivity index (χ0) is 16.3. The zero-order valence-corrected chi connectivity index (χ0v) is 13.4. The van der Waals surface area contributed by atoms with Crippen molar-refractivity contribution in [2.45, 2.75) is 45.8 Å². The number of hydrogen-bond acceptors (Lipinski definition) is 5. The summed E-state index contributed by atoms with van der Waals surface area (Å²) in [5, 5.41) is 5.89. The maximum atomic E-state index is 11.7. The first kappa shape index (κ1) is 16.1. The van der Waals surface area contributed by atoms with E-state index in [1.54, 1.807) is 25.1 Å². The molecule has 0 fully saturated rings. The number of amides is 1. The number of hydrogen-bond donors (Lipinski definition) is 2. The lowest BCUT2D eigenvalue weighted by Crippen LogP contribution is -2.32. The molecule has 6 nitrogen and oxygen atoms in total. The summed E-state index contributed by atoms with van der Waals surface area (Å²) in [6, 6.07) is 5.28. The minimum atomic E-state index is -0.542. The molecule has 120 valence electrons. The molecule has 0 saturated heterocycles. The molecule has 1 aliphatic rings. The highest BCUT2D eigenvalue weighted by Crippen LogP contribution is 2.32. The second kappa shape index (κ2) is 6.25. The fraction of sp³-hybridized carbons (Fsp3) is 0.500. The first-order valence-electron chi connectivity index (χ1n) is 7.27. The molecular weight excluding hydrogens is 284 g/mol. The minimum Gasteiger partial charge on any atom is -0.486 e. The van der Waals surface area contributed by atoms with Crippen LogP contribution in [0.1, 0.15) is 34.1 Å². The monoisotopic (exact) mass is 306 g/mol. The molecule has 1 aliphatic heterocycles. The van der Waals surface area contributed by atoms with Crippen LogP contribution >= 0.6 is 0 Å². The van der Waals surface area contributed by atoms with Crippen molar-refractivity contribution in [2.24, 2.45) is 0 Å². The Bertz CT molecular complexity index is 578. The van der Waals surface area contributed by atoms with E-state index < -0.39 is 11.7 Å². The highest BCUT2D eigenvalue weighted by molar-refractivity contribution is 5.86.